The fourth-order valence-electron chi connectivity index (χ4n) is 1.42. The molecule has 0 aliphatic carbocycles. The summed E-state index contributed by atoms with van der Waals surface area (Å²) in [6.07, 6.45) is 0.181. The van der Waals surface area contributed by atoms with E-state index in [1.54, 1.807) is 12.1 Å². The van der Waals surface area contributed by atoms with Crippen molar-refractivity contribution < 1.29 is 9.18 Å². The Bertz CT molecular complexity index is 565. The van der Waals surface area contributed by atoms with Crippen molar-refractivity contribution in [3.05, 3.63) is 55.9 Å². The van der Waals surface area contributed by atoms with Gasteiger partial charge in [0.2, 0.25) is 0 Å². The molecule has 0 saturated heterocycles. The van der Waals surface area contributed by atoms with Crippen molar-refractivity contribution in [1.29, 1.82) is 0 Å². The zero-order valence-corrected chi connectivity index (χ0v) is 10.9. The molecule has 0 unspecified atom stereocenters. The van der Waals surface area contributed by atoms with E-state index in [1.807, 2.05) is 0 Å². The number of thiophene rings is 1. The number of halogens is 3. The second-order valence-corrected chi connectivity index (χ2v) is 5.58. The van der Waals surface area contributed by atoms with Gasteiger partial charge in [-0.2, -0.15) is 0 Å². The number of Topliss-reactive ketones (excluding diaryl/α,β-unsaturated/α-hetero) is 1. The highest BCUT2D eigenvalue weighted by atomic mass is 35.5. The summed E-state index contributed by atoms with van der Waals surface area (Å²) in [7, 11) is 0. The summed E-state index contributed by atoms with van der Waals surface area (Å²) in [5.41, 5.74) is 0.205. The lowest BCUT2D eigenvalue weighted by molar-refractivity contribution is 0.0993. The lowest BCUT2D eigenvalue weighted by Crippen LogP contribution is -2.03. The maximum Gasteiger partial charge on any atom is 0.169 e. The van der Waals surface area contributed by atoms with E-state index in [0.717, 1.165) is 4.88 Å². The maximum atomic E-state index is 13.2. The van der Waals surface area contributed by atoms with Gasteiger partial charge in [0.15, 0.2) is 5.78 Å². The highest BCUT2D eigenvalue weighted by molar-refractivity contribution is 7.16. The van der Waals surface area contributed by atoms with Crippen molar-refractivity contribution in [3.63, 3.8) is 0 Å². The lowest BCUT2D eigenvalue weighted by Gasteiger charge is -2.02. The Morgan fingerprint density at radius 2 is 2.00 bits per heavy atom. The number of carbonyl (C=O) groups is 1. The van der Waals surface area contributed by atoms with Gasteiger partial charge >= 0.3 is 0 Å². The molecule has 0 aliphatic heterocycles. The van der Waals surface area contributed by atoms with Crippen LogP contribution in [0.2, 0.25) is 9.36 Å². The largest absolute Gasteiger partial charge is 0.294 e. The van der Waals surface area contributed by atoms with E-state index in [0.29, 0.717) is 4.34 Å². The van der Waals surface area contributed by atoms with E-state index in [1.165, 1.54) is 29.5 Å². The molecule has 0 atom stereocenters. The van der Waals surface area contributed by atoms with Crippen LogP contribution in [-0.2, 0) is 6.42 Å². The van der Waals surface area contributed by atoms with Crippen LogP contribution in [-0.4, -0.2) is 5.78 Å². The molecule has 0 spiro atoms. The van der Waals surface area contributed by atoms with Gasteiger partial charge in [0, 0.05) is 16.9 Å². The molecule has 0 fully saturated rings. The average Bonchev–Trinajstić information content (AvgIpc) is 2.68. The molecule has 1 nitrogen and oxygen atoms in total. The lowest BCUT2D eigenvalue weighted by atomic mass is 10.1. The van der Waals surface area contributed by atoms with E-state index >= 15 is 0 Å². The smallest absolute Gasteiger partial charge is 0.169 e. The van der Waals surface area contributed by atoms with Crippen LogP contribution in [0.1, 0.15) is 15.2 Å². The van der Waals surface area contributed by atoms with Gasteiger partial charge in [-0.3, -0.25) is 4.79 Å². The number of hydrogen-bond donors (Lipinski definition) is 0. The summed E-state index contributed by atoms with van der Waals surface area (Å²) in [5, 5.41) is -0.125. The zero-order chi connectivity index (χ0) is 12.4. The molecule has 88 valence electrons. The van der Waals surface area contributed by atoms with Crippen LogP contribution in [0, 0.1) is 5.82 Å². The number of ketones is 1. The van der Waals surface area contributed by atoms with Crippen molar-refractivity contribution in [2.45, 2.75) is 6.42 Å². The van der Waals surface area contributed by atoms with Gasteiger partial charge < -0.3 is 0 Å². The Hall–Kier alpha value is -0.900. The Morgan fingerprint density at radius 1 is 1.24 bits per heavy atom. The van der Waals surface area contributed by atoms with Crippen molar-refractivity contribution in [2.24, 2.45) is 0 Å². The summed E-state index contributed by atoms with van der Waals surface area (Å²) < 4.78 is 13.8. The Balaban J connectivity index is 2.23. The first-order chi connectivity index (χ1) is 8.08. The van der Waals surface area contributed by atoms with Crippen molar-refractivity contribution in [2.75, 3.05) is 0 Å². The highest BCUT2D eigenvalue weighted by Gasteiger charge is 2.14. The molecule has 0 radical (unpaired) electrons. The summed E-state index contributed by atoms with van der Waals surface area (Å²) in [5.74, 6) is -0.797. The van der Waals surface area contributed by atoms with Crippen molar-refractivity contribution >= 4 is 40.3 Å². The molecule has 17 heavy (non-hydrogen) atoms. The van der Waals surface area contributed by atoms with Crippen LogP contribution in [0.5, 0.6) is 0 Å². The predicted octanol–water partition coefficient (Wildman–Crippen LogP) is 4.62. The number of carbonyl (C=O) groups excluding carboxylic acids is 1. The summed E-state index contributed by atoms with van der Waals surface area (Å²) in [4.78, 5) is 12.7. The van der Waals surface area contributed by atoms with Crippen LogP contribution < -0.4 is 0 Å². The summed E-state index contributed by atoms with van der Waals surface area (Å²) in [6.45, 7) is 0. The molecule has 0 amide bonds. The Labute approximate surface area is 112 Å². The molecular weight excluding hydrogens is 282 g/mol. The topological polar surface area (TPSA) is 17.1 Å². The number of hydrogen-bond acceptors (Lipinski definition) is 2. The minimum absolute atomic E-state index is 0.125. The van der Waals surface area contributed by atoms with Crippen molar-refractivity contribution in [1.82, 2.24) is 0 Å². The fourth-order valence-corrected chi connectivity index (χ4v) is 2.74. The van der Waals surface area contributed by atoms with Gasteiger partial charge in [-0.15, -0.1) is 11.3 Å². The van der Waals surface area contributed by atoms with E-state index in [-0.39, 0.29) is 22.8 Å². The Morgan fingerprint density at radius 3 is 2.65 bits per heavy atom. The molecule has 0 aliphatic rings. The molecule has 0 saturated carbocycles. The van der Waals surface area contributed by atoms with Crippen LogP contribution in [0.15, 0.2) is 30.3 Å². The molecule has 5 heteroatoms. The quantitative estimate of drug-likeness (QED) is 0.753. The Kier molecular flexibility index (Phi) is 3.82. The number of benzene rings is 1. The standard InChI is InChI=1S/C12H7Cl2FOS/c13-11-5-4-7(17-11)6-10(16)8-2-1-3-9(15)12(8)14/h1-5H,6H2. The van der Waals surface area contributed by atoms with Gasteiger partial charge in [-0.1, -0.05) is 29.3 Å². The predicted molar refractivity (Wildman–Crippen MR) is 68.8 cm³/mol. The molecule has 0 bridgehead atoms. The van der Waals surface area contributed by atoms with Crippen LogP contribution in [0.4, 0.5) is 4.39 Å². The van der Waals surface area contributed by atoms with E-state index < -0.39 is 5.82 Å². The minimum atomic E-state index is -0.582. The maximum absolute atomic E-state index is 13.2. The van der Waals surface area contributed by atoms with Gasteiger partial charge in [-0.05, 0) is 24.3 Å². The fraction of sp³-hybridized carbons (Fsp3) is 0.0833. The number of rotatable bonds is 3. The zero-order valence-electron chi connectivity index (χ0n) is 8.54. The first kappa shape index (κ1) is 12.6. The van der Waals surface area contributed by atoms with Gasteiger partial charge in [-0.25, -0.2) is 4.39 Å². The second-order valence-electron chi connectivity index (χ2n) is 3.41. The van der Waals surface area contributed by atoms with Crippen molar-refractivity contribution in [3.8, 4) is 0 Å². The highest BCUT2D eigenvalue weighted by Crippen LogP contribution is 2.25. The summed E-state index contributed by atoms with van der Waals surface area (Å²) >= 11 is 12.8. The molecular formula is C12H7Cl2FOS. The monoisotopic (exact) mass is 288 g/mol. The van der Waals surface area contributed by atoms with Gasteiger partial charge in [0.1, 0.15) is 5.82 Å². The van der Waals surface area contributed by atoms with Gasteiger partial charge in [0.25, 0.3) is 0 Å². The SMILES string of the molecule is O=C(Cc1ccc(Cl)s1)c1cccc(F)c1Cl. The third kappa shape index (κ3) is 2.86. The molecule has 1 aromatic heterocycles. The van der Waals surface area contributed by atoms with E-state index in [4.69, 9.17) is 23.2 Å². The first-order valence-corrected chi connectivity index (χ1v) is 6.36. The van der Waals surface area contributed by atoms with E-state index in [2.05, 4.69) is 0 Å². The minimum Gasteiger partial charge on any atom is -0.294 e. The second kappa shape index (κ2) is 5.17. The first-order valence-electron chi connectivity index (χ1n) is 4.79. The molecule has 2 aromatic rings. The van der Waals surface area contributed by atoms with Crippen LogP contribution in [0.3, 0.4) is 0 Å². The normalized spacial score (nSPS) is 10.5. The van der Waals surface area contributed by atoms with Gasteiger partial charge in [0.05, 0.1) is 9.36 Å². The molecule has 1 heterocycles. The van der Waals surface area contributed by atoms with Crippen LogP contribution in [0.25, 0.3) is 0 Å². The molecule has 2 rings (SSSR count). The van der Waals surface area contributed by atoms with Crippen LogP contribution >= 0.6 is 34.5 Å². The third-order valence-corrected chi connectivity index (χ3v) is 3.83. The summed E-state index contributed by atoms with van der Waals surface area (Å²) in [6, 6.07) is 7.71. The molecule has 1 aromatic carbocycles. The third-order valence-electron chi connectivity index (χ3n) is 2.22. The molecule has 0 N–H and O–H groups in total. The average molecular weight is 289 g/mol. The van der Waals surface area contributed by atoms with E-state index in [9.17, 15) is 9.18 Å².